The average Bonchev–Trinajstić information content (AvgIpc) is 2.59. The van der Waals surface area contributed by atoms with Crippen LogP contribution in [0.4, 0.5) is 0 Å². The van der Waals surface area contributed by atoms with Crippen LogP contribution in [0, 0.1) is 5.92 Å². The summed E-state index contributed by atoms with van der Waals surface area (Å²) in [6.45, 7) is 0. The first-order chi connectivity index (χ1) is 8.34. The molecule has 0 bridgehead atoms. The second-order valence-corrected chi connectivity index (χ2v) is 5.83. The zero-order chi connectivity index (χ0) is 11.9. The Morgan fingerprint density at radius 1 is 1.18 bits per heavy atom. The lowest BCUT2D eigenvalue weighted by Crippen LogP contribution is -2.11. The van der Waals surface area contributed by atoms with Gasteiger partial charge in [0.25, 0.3) is 0 Å². The summed E-state index contributed by atoms with van der Waals surface area (Å²) in [6.07, 6.45) is 12.3. The van der Waals surface area contributed by atoms with Gasteiger partial charge in [-0.3, -0.25) is 4.98 Å². The fourth-order valence-electron chi connectivity index (χ4n) is 2.79. The number of hydrogen-bond donors (Lipinski definition) is 0. The van der Waals surface area contributed by atoms with E-state index in [0.717, 1.165) is 24.5 Å². The molecule has 1 unspecified atom stereocenters. The van der Waals surface area contributed by atoms with Crippen molar-refractivity contribution in [2.45, 2.75) is 56.7 Å². The summed E-state index contributed by atoms with van der Waals surface area (Å²) in [5.41, 5.74) is 1.13. The summed E-state index contributed by atoms with van der Waals surface area (Å²) >= 11 is 6.46. The van der Waals surface area contributed by atoms with Crippen molar-refractivity contribution < 1.29 is 0 Å². The lowest BCUT2D eigenvalue weighted by molar-refractivity contribution is 0.418. The molecule has 1 aromatic rings. The summed E-state index contributed by atoms with van der Waals surface area (Å²) in [5, 5.41) is 0.257. The van der Waals surface area contributed by atoms with E-state index in [1.165, 1.54) is 38.5 Å². The van der Waals surface area contributed by atoms with Crippen LogP contribution in [-0.4, -0.2) is 10.4 Å². The van der Waals surface area contributed by atoms with Crippen LogP contribution in [0.2, 0.25) is 0 Å². The predicted octanol–water partition coefficient (Wildman–Crippen LogP) is 4.59. The van der Waals surface area contributed by atoms with Gasteiger partial charge in [0.15, 0.2) is 0 Å². The number of rotatable bonds is 4. The minimum absolute atomic E-state index is 0.257. The molecule has 0 saturated heterocycles. The van der Waals surface area contributed by atoms with E-state index in [0.29, 0.717) is 0 Å². The van der Waals surface area contributed by atoms with Crippen LogP contribution in [-0.2, 0) is 6.42 Å². The molecule has 0 aromatic carbocycles. The van der Waals surface area contributed by atoms with Gasteiger partial charge in [-0.05, 0) is 24.5 Å². The Kier molecular flexibility index (Phi) is 5.31. The molecule has 0 aliphatic heterocycles. The molecule has 1 aliphatic carbocycles. The Morgan fingerprint density at radius 2 is 1.94 bits per heavy atom. The Morgan fingerprint density at radius 3 is 2.59 bits per heavy atom. The van der Waals surface area contributed by atoms with E-state index in [-0.39, 0.29) is 5.38 Å². The third-order valence-electron chi connectivity index (χ3n) is 3.72. The van der Waals surface area contributed by atoms with Crippen LogP contribution in [0.5, 0.6) is 0 Å². The Bertz CT molecular complexity index is 304. The van der Waals surface area contributed by atoms with E-state index in [4.69, 9.17) is 11.6 Å². The number of alkyl halides is 1. The maximum Gasteiger partial charge on any atom is 0.0418 e. The molecule has 0 N–H and O–H groups in total. The van der Waals surface area contributed by atoms with E-state index >= 15 is 0 Å². The highest BCUT2D eigenvalue weighted by molar-refractivity contribution is 6.20. The summed E-state index contributed by atoms with van der Waals surface area (Å²) in [7, 11) is 0. The fourth-order valence-corrected chi connectivity index (χ4v) is 3.20. The molecule has 1 atom stereocenters. The van der Waals surface area contributed by atoms with Gasteiger partial charge in [0.1, 0.15) is 0 Å². The zero-order valence-electron chi connectivity index (χ0n) is 10.4. The summed E-state index contributed by atoms with van der Waals surface area (Å²) < 4.78 is 0. The van der Waals surface area contributed by atoms with E-state index in [1.54, 1.807) is 0 Å². The van der Waals surface area contributed by atoms with Gasteiger partial charge in [-0.25, -0.2) is 0 Å². The standard InChI is InChI=1S/C15H22ClN/c16-14(12-15-9-5-6-10-17-15)11-13-7-3-1-2-4-8-13/h5-6,9-10,13-14H,1-4,7-8,11-12H2. The van der Waals surface area contributed by atoms with E-state index in [9.17, 15) is 0 Å². The molecule has 2 rings (SSSR count). The quantitative estimate of drug-likeness (QED) is 0.563. The highest BCUT2D eigenvalue weighted by Crippen LogP contribution is 2.28. The lowest BCUT2D eigenvalue weighted by atomic mass is 9.93. The van der Waals surface area contributed by atoms with Crippen LogP contribution in [0.25, 0.3) is 0 Å². The molecule has 1 nitrogen and oxygen atoms in total. The Balaban J connectivity index is 1.78. The van der Waals surface area contributed by atoms with Gasteiger partial charge in [0.2, 0.25) is 0 Å². The van der Waals surface area contributed by atoms with Crippen LogP contribution in [0.1, 0.15) is 50.6 Å². The molecule has 1 aromatic heterocycles. The van der Waals surface area contributed by atoms with Crippen molar-refractivity contribution in [2.75, 3.05) is 0 Å². The second kappa shape index (κ2) is 7.00. The molecule has 94 valence electrons. The Hall–Kier alpha value is -0.560. The van der Waals surface area contributed by atoms with Gasteiger partial charge in [-0.1, -0.05) is 44.6 Å². The van der Waals surface area contributed by atoms with Crippen LogP contribution in [0.3, 0.4) is 0 Å². The molecule has 0 amide bonds. The maximum absolute atomic E-state index is 6.46. The van der Waals surface area contributed by atoms with Gasteiger partial charge in [-0.15, -0.1) is 11.6 Å². The highest BCUT2D eigenvalue weighted by Gasteiger charge is 2.17. The molecule has 2 heteroatoms. The molecule has 1 saturated carbocycles. The third kappa shape index (κ3) is 4.67. The Labute approximate surface area is 110 Å². The number of pyridine rings is 1. The number of hydrogen-bond acceptors (Lipinski definition) is 1. The highest BCUT2D eigenvalue weighted by atomic mass is 35.5. The van der Waals surface area contributed by atoms with Crippen LogP contribution < -0.4 is 0 Å². The topological polar surface area (TPSA) is 12.9 Å². The van der Waals surface area contributed by atoms with Gasteiger partial charge in [0.05, 0.1) is 0 Å². The van der Waals surface area contributed by atoms with E-state index < -0.39 is 0 Å². The molecular weight excluding hydrogens is 230 g/mol. The molecular formula is C15H22ClN. The number of nitrogens with zero attached hydrogens (tertiary/aromatic N) is 1. The zero-order valence-corrected chi connectivity index (χ0v) is 11.2. The summed E-state index contributed by atoms with van der Waals surface area (Å²) in [5.74, 6) is 0.851. The summed E-state index contributed by atoms with van der Waals surface area (Å²) in [6, 6.07) is 6.07. The van der Waals surface area contributed by atoms with Crippen molar-refractivity contribution in [3.63, 3.8) is 0 Å². The number of halogens is 1. The normalized spacial score (nSPS) is 19.8. The molecule has 1 heterocycles. The molecule has 0 spiro atoms. The van der Waals surface area contributed by atoms with Crippen molar-refractivity contribution in [3.8, 4) is 0 Å². The van der Waals surface area contributed by atoms with Gasteiger partial charge >= 0.3 is 0 Å². The maximum atomic E-state index is 6.46. The van der Waals surface area contributed by atoms with Crippen molar-refractivity contribution in [3.05, 3.63) is 30.1 Å². The van der Waals surface area contributed by atoms with Crippen molar-refractivity contribution >= 4 is 11.6 Å². The second-order valence-electron chi connectivity index (χ2n) is 5.22. The first-order valence-electron chi connectivity index (χ1n) is 6.88. The molecule has 1 fully saturated rings. The minimum Gasteiger partial charge on any atom is -0.261 e. The van der Waals surface area contributed by atoms with E-state index in [1.807, 2.05) is 18.3 Å². The first-order valence-corrected chi connectivity index (χ1v) is 7.32. The largest absolute Gasteiger partial charge is 0.261 e. The predicted molar refractivity (Wildman–Crippen MR) is 73.4 cm³/mol. The molecule has 0 radical (unpaired) electrons. The first kappa shape index (κ1) is 12.9. The van der Waals surface area contributed by atoms with Crippen LogP contribution in [0.15, 0.2) is 24.4 Å². The van der Waals surface area contributed by atoms with Crippen molar-refractivity contribution in [1.29, 1.82) is 0 Å². The van der Waals surface area contributed by atoms with Gasteiger partial charge in [0, 0.05) is 23.7 Å². The fraction of sp³-hybridized carbons (Fsp3) is 0.667. The number of aromatic nitrogens is 1. The summed E-state index contributed by atoms with van der Waals surface area (Å²) in [4.78, 5) is 4.35. The monoisotopic (exact) mass is 251 g/mol. The van der Waals surface area contributed by atoms with Crippen LogP contribution >= 0.6 is 11.6 Å². The minimum atomic E-state index is 0.257. The molecule has 17 heavy (non-hydrogen) atoms. The lowest BCUT2D eigenvalue weighted by Gasteiger charge is -2.17. The molecule has 1 aliphatic rings. The average molecular weight is 252 g/mol. The third-order valence-corrected chi connectivity index (χ3v) is 4.05. The SMILES string of the molecule is ClC(Cc1ccccn1)CC1CCCCCC1. The smallest absolute Gasteiger partial charge is 0.0418 e. The van der Waals surface area contributed by atoms with E-state index in [2.05, 4.69) is 11.1 Å². The van der Waals surface area contributed by atoms with Crippen molar-refractivity contribution in [2.24, 2.45) is 5.92 Å². The van der Waals surface area contributed by atoms with Gasteiger partial charge in [-0.2, -0.15) is 0 Å². The van der Waals surface area contributed by atoms with Gasteiger partial charge < -0.3 is 0 Å². The van der Waals surface area contributed by atoms with Crippen molar-refractivity contribution in [1.82, 2.24) is 4.98 Å².